The van der Waals surface area contributed by atoms with Gasteiger partial charge in [0.25, 0.3) is 0 Å². The third kappa shape index (κ3) is 3.18. The number of fused-ring (bicyclic) bond motifs is 1. The highest BCUT2D eigenvalue weighted by molar-refractivity contribution is 5.32. The lowest BCUT2D eigenvalue weighted by atomic mass is 9.84. The molecule has 0 bridgehead atoms. The first-order valence-corrected chi connectivity index (χ1v) is 7.48. The minimum atomic E-state index is -0.343. The van der Waals surface area contributed by atoms with Gasteiger partial charge in [-0.1, -0.05) is 38.1 Å². The molecular formula is C17H27NO. The summed E-state index contributed by atoms with van der Waals surface area (Å²) in [4.78, 5) is 2.38. The van der Waals surface area contributed by atoms with Crippen LogP contribution in [0.4, 0.5) is 0 Å². The van der Waals surface area contributed by atoms with Crippen LogP contribution in [0, 0.1) is 5.92 Å². The van der Waals surface area contributed by atoms with E-state index < -0.39 is 0 Å². The molecule has 0 aliphatic heterocycles. The Bertz CT molecular complexity index is 415. The number of aryl methyl sites for hydroxylation is 1. The summed E-state index contributed by atoms with van der Waals surface area (Å²) in [5.41, 5.74) is 2.44. The van der Waals surface area contributed by atoms with Crippen molar-refractivity contribution < 1.29 is 5.11 Å². The smallest absolute Gasteiger partial charge is 0.0947 e. The van der Waals surface area contributed by atoms with Crippen molar-refractivity contribution in [3.63, 3.8) is 0 Å². The van der Waals surface area contributed by atoms with Gasteiger partial charge >= 0.3 is 0 Å². The SMILES string of the molecule is CC(C)CC(C)N(C)C1CCc2ccccc2C1O. The lowest BCUT2D eigenvalue weighted by Gasteiger charge is -2.40. The second kappa shape index (κ2) is 6.06. The molecule has 0 saturated heterocycles. The molecule has 1 aromatic rings. The summed E-state index contributed by atoms with van der Waals surface area (Å²) < 4.78 is 0. The minimum Gasteiger partial charge on any atom is -0.387 e. The Balaban J connectivity index is 2.11. The number of nitrogens with zero attached hydrogens (tertiary/aromatic N) is 1. The number of aliphatic hydroxyl groups excluding tert-OH is 1. The van der Waals surface area contributed by atoms with Crippen LogP contribution in [0.25, 0.3) is 0 Å². The molecule has 1 aliphatic carbocycles. The van der Waals surface area contributed by atoms with E-state index in [1.54, 1.807) is 0 Å². The van der Waals surface area contributed by atoms with Crippen molar-refractivity contribution in [1.82, 2.24) is 4.90 Å². The molecule has 0 amide bonds. The molecule has 3 unspecified atom stereocenters. The Hall–Kier alpha value is -0.860. The van der Waals surface area contributed by atoms with E-state index in [-0.39, 0.29) is 12.1 Å². The fraction of sp³-hybridized carbons (Fsp3) is 0.647. The third-order valence-corrected chi connectivity index (χ3v) is 4.48. The van der Waals surface area contributed by atoms with Crippen LogP contribution < -0.4 is 0 Å². The molecule has 0 heterocycles. The van der Waals surface area contributed by atoms with E-state index in [1.165, 1.54) is 12.0 Å². The van der Waals surface area contributed by atoms with Crippen LogP contribution in [0.2, 0.25) is 0 Å². The van der Waals surface area contributed by atoms with Crippen LogP contribution in [0.5, 0.6) is 0 Å². The molecule has 106 valence electrons. The lowest BCUT2D eigenvalue weighted by molar-refractivity contribution is 0.0271. The molecule has 19 heavy (non-hydrogen) atoms. The Morgan fingerprint density at radius 1 is 1.26 bits per heavy atom. The van der Waals surface area contributed by atoms with Gasteiger partial charge in [-0.25, -0.2) is 0 Å². The Kier molecular flexibility index (Phi) is 4.64. The van der Waals surface area contributed by atoms with Crippen molar-refractivity contribution in [3.8, 4) is 0 Å². The largest absolute Gasteiger partial charge is 0.387 e. The summed E-state index contributed by atoms with van der Waals surface area (Å²) >= 11 is 0. The molecule has 2 nitrogen and oxygen atoms in total. The van der Waals surface area contributed by atoms with Crippen molar-refractivity contribution in [2.75, 3.05) is 7.05 Å². The van der Waals surface area contributed by atoms with Crippen LogP contribution in [-0.2, 0) is 6.42 Å². The van der Waals surface area contributed by atoms with E-state index in [1.807, 2.05) is 6.07 Å². The second-order valence-electron chi connectivity index (χ2n) is 6.39. The first kappa shape index (κ1) is 14.5. The van der Waals surface area contributed by atoms with Crippen molar-refractivity contribution in [2.45, 2.75) is 58.2 Å². The molecule has 0 radical (unpaired) electrons. The average molecular weight is 261 g/mol. The number of benzene rings is 1. The summed E-state index contributed by atoms with van der Waals surface area (Å²) in [6.45, 7) is 6.79. The molecule has 2 rings (SSSR count). The van der Waals surface area contributed by atoms with E-state index in [4.69, 9.17) is 0 Å². The molecule has 1 N–H and O–H groups in total. The van der Waals surface area contributed by atoms with Gasteiger partial charge in [-0.2, -0.15) is 0 Å². The summed E-state index contributed by atoms with van der Waals surface area (Å²) in [6.07, 6.45) is 2.97. The molecule has 1 aliphatic rings. The summed E-state index contributed by atoms with van der Waals surface area (Å²) in [7, 11) is 2.16. The van der Waals surface area contributed by atoms with Gasteiger partial charge in [-0.05, 0) is 50.3 Å². The van der Waals surface area contributed by atoms with E-state index in [0.29, 0.717) is 12.0 Å². The molecular weight excluding hydrogens is 234 g/mol. The number of aliphatic hydroxyl groups is 1. The summed E-state index contributed by atoms with van der Waals surface area (Å²) in [6, 6.07) is 9.09. The van der Waals surface area contributed by atoms with Gasteiger partial charge in [0.05, 0.1) is 6.10 Å². The standard InChI is InChI=1S/C17H27NO/c1-12(2)11-13(3)18(4)16-10-9-14-7-5-6-8-15(14)17(16)19/h5-8,12-13,16-17,19H,9-11H2,1-4H3. The number of hydrogen-bond donors (Lipinski definition) is 1. The zero-order valence-corrected chi connectivity index (χ0v) is 12.6. The molecule has 2 heteroatoms. The molecule has 0 spiro atoms. The zero-order valence-electron chi connectivity index (χ0n) is 12.6. The first-order valence-electron chi connectivity index (χ1n) is 7.48. The van der Waals surface area contributed by atoms with Gasteiger partial charge in [0.1, 0.15) is 0 Å². The normalized spacial score (nSPS) is 24.6. The minimum absolute atomic E-state index is 0.253. The number of likely N-dealkylation sites (N-methyl/N-ethyl adjacent to an activating group) is 1. The maximum atomic E-state index is 10.6. The van der Waals surface area contributed by atoms with Gasteiger partial charge in [0.15, 0.2) is 0 Å². The Labute approximate surface area is 117 Å². The highest BCUT2D eigenvalue weighted by Gasteiger charge is 2.32. The maximum Gasteiger partial charge on any atom is 0.0947 e. The molecule has 0 saturated carbocycles. The van der Waals surface area contributed by atoms with Crippen LogP contribution in [0.3, 0.4) is 0 Å². The highest BCUT2D eigenvalue weighted by atomic mass is 16.3. The zero-order chi connectivity index (χ0) is 14.0. The Morgan fingerprint density at radius 2 is 1.95 bits per heavy atom. The van der Waals surface area contributed by atoms with E-state index in [0.717, 1.165) is 18.4 Å². The third-order valence-electron chi connectivity index (χ3n) is 4.48. The van der Waals surface area contributed by atoms with Gasteiger partial charge in [-0.15, -0.1) is 0 Å². The van der Waals surface area contributed by atoms with Gasteiger partial charge in [0.2, 0.25) is 0 Å². The lowest BCUT2D eigenvalue weighted by Crippen LogP contribution is -2.44. The van der Waals surface area contributed by atoms with Crippen LogP contribution in [0.1, 0.15) is 50.8 Å². The van der Waals surface area contributed by atoms with Crippen LogP contribution in [0.15, 0.2) is 24.3 Å². The Morgan fingerprint density at radius 3 is 2.63 bits per heavy atom. The van der Waals surface area contributed by atoms with Crippen molar-refractivity contribution in [3.05, 3.63) is 35.4 Å². The average Bonchev–Trinajstić information content (AvgIpc) is 2.38. The number of hydrogen-bond acceptors (Lipinski definition) is 2. The topological polar surface area (TPSA) is 23.5 Å². The molecule has 0 fully saturated rings. The summed E-state index contributed by atoms with van der Waals surface area (Å²) in [5.74, 6) is 0.700. The molecule has 0 aromatic heterocycles. The van der Waals surface area contributed by atoms with Crippen LogP contribution >= 0.6 is 0 Å². The molecule has 3 atom stereocenters. The first-order chi connectivity index (χ1) is 9.00. The quantitative estimate of drug-likeness (QED) is 0.898. The second-order valence-corrected chi connectivity index (χ2v) is 6.39. The van der Waals surface area contributed by atoms with E-state index >= 15 is 0 Å². The molecule has 1 aromatic carbocycles. The predicted molar refractivity (Wildman–Crippen MR) is 80.2 cm³/mol. The van der Waals surface area contributed by atoms with Crippen molar-refractivity contribution >= 4 is 0 Å². The van der Waals surface area contributed by atoms with E-state index in [2.05, 4.69) is 50.9 Å². The predicted octanol–water partition coefficient (Wildman–Crippen LogP) is 3.40. The van der Waals surface area contributed by atoms with Crippen LogP contribution in [-0.4, -0.2) is 29.1 Å². The maximum absolute atomic E-state index is 10.6. The van der Waals surface area contributed by atoms with Crippen molar-refractivity contribution in [2.24, 2.45) is 5.92 Å². The van der Waals surface area contributed by atoms with Crippen molar-refractivity contribution in [1.29, 1.82) is 0 Å². The van der Waals surface area contributed by atoms with E-state index in [9.17, 15) is 5.11 Å². The summed E-state index contributed by atoms with van der Waals surface area (Å²) in [5, 5.41) is 10.6. The van der Waals surface area contributed by atoms with Gasteiger partial charge in [-0.3, -0.25) is 4.90 Å². The van der Waals surface area contributed by atoms with Gasteiger partial charge < -0.3 is 5.11 Å². The highest BCUT2D eigenvalue weighted by Crippen LogP contribution is 2.33. The number of rotatable bonds is 4. The van der Waals surface area contributed by atoms with Gasteiger partial charge in [0, 0.05) is 12.1 Å². The monoisotopic (exact) mass is 261 g/mol. The fourth-order valence-corrected chi connectivity index (χ4v) is 3.32. The fourth-order valence-electron chi connectivity index (χ4n) is 3.32.